The topological polar surface area (TPSA) is 131 Å². The number of benzene rings is 2. The predicted molar refractivity (Wildman–Crippen MR) is 143 cm³/mol. The first-order valence-corrected chi connectivity index (χ1v) is 13.9. The highest BCUT2D eigenvalue weighted by Crippen LogP contribution is 2.46. The van der Waals surface area contributed by atoms with Crippen molar-refractivity contribution >= 4 is 11.8 Å². The Hall–Kier alpha value is -4.17. The van der Waals surface area contributed by atoms with Gasteiger partial charge < -0.3 is 15.1 Å². The lowest BCUT2D eigenvalue weighted by Gasteiger charge is -2.35. The minimum Gasteiger partial charge on any atom is -0.339 e. The van der Waals surface area contributed by atoms with E-state index in [0.717, 1.165) is 48.2 Å². The number of aromatic amines is 1. The Morgan fingerprint density at radius 1 is 1.10 bits per heavy atom. The van der Waals surface area contributed by atoms with Crippen LogP contribution < -0.4 is 5.32 Å². The van der Waals surface area contributed by atoms with Crippen LogP contribution in [0.2, 0.25) is 0 Å². The fourth-order valence-corrected chi connectivity index (χ4v) is 6.41. The van der Waals surface area contributed by atoms with Crippen LogP contribution in [0.3, 0.4) is 0 Å². The first-order valence-electron chi connectivity index (χ1n) is 13.9. The van der Waals surface area contributed by atoms with Crippen LogP contribution in [0.25, 0.3) is 0 Å². The van der Waals surface area contributed by atoms with Gasteiger partial charge in [-0.15, -0.1) is 5.10 Å². The van der Waals surface area contributed by atoms with Gasteiger partial charge in [0.05, 0.1) is 18.0 Å². The molecule has 1 aromatic heterocycles. The molecule has 0 radical (unpaired) electrons. The van der Waals surface area contributed by atoms with E-state index in [2.05, 4.69) is 32.0 Å². The first-order chi connectivity index (χ1) is 19.5. The number of nitrogens with one attached hydrogen (secondary N) is 2. The largest absolute Gasteiger partial charge is 0.339 e. The monoisotopic (exact) mass is 542 g/mol. The minimum absolute atomic E-state index is 0.0200. The summed E-state index contributed by atoms with van der Waals surface area (Å²) in [6.07, 6.45) is 4.26. The maximum Gasteiger partial charge on any atom is 0.253 e. The summed E-state index contributed by atoms with van der Waals surface area (Å²) < 4.78 is 14.5. The molecule has 2 aliphatic heterocycles. The molecule has 40 heavy (non-hydrogen) atoms. The molecule has 2 atom stereocenters. The third-order valence-electron chi connectivity index (χ3n) is 8.57. The van der Waals surface area contributed by atoms with E-state index in [1.165, 1.54) is 6.07 Å². The summed E-state index contributed by atoms with van der Waals surface area (Å²) in [5.41, 5.74) is 3.47. The van der Waals surface area contributed by atoms with Gasteiger partial charge in [0.25, 0.3) is 5.91 Å². The number of amides is 2. The normalized spacial score (nSPS) is 21.6. The molecular formula is C29H31FN8O2. The zero-order valence-corrected chi connectivity index (χ0v) is 22.2. The Labute approximate surface area is 231 Å². The molecule has 11 heteroatoms. The number of carbonyl (C=O) groups is 2. The van der Waals surface area contributed by atoms with Gasteiger partial charge in [-0.1, -0.05) is 12.1 Å². The van der Waals surface area contributed by atoms with E-state index in [-0.39, 0.29) is 30.2 Å². The van der Waals surface area contributed by atoms with Crippen LogP contribution in [-0.2, 0) is 23.1 Å². The number of rotatable bonds is 7. The number of aryl methyl sites for hydroxylation is 2. The fourth-order valence-electron chi connectivity index (χ4n) is 6.41. The van der Waals surface area contributed by atoms with Gasteiger partial charge >= 0.3 is 0 Å². The molecule has 1 aliphatic carbocycles. The number of hydrogen-bond donors (Lipinski definition) is 2. The molecule has 0 saturated carbocycles. The van der Waals surface area contributed by atoms with Gasteiger partial charge in [-0.25, -0.2) is 9.49 Å². The second kappa shape index (κ2) is 10.8. The number of H-pyrrole nitrogens is 1. The molecule has 2 aromatic carbocycles. The van der Waals surface area contributed by atoms with E-state index < -0.39 is 5.41 Å². The maximum absolute atomic E-state index is 14.5. The van der Waals surface area contributed by atoms with Gasteiger partial charge in [-0.05, 0) is 102 Å². The number of hydrogen-bond acceptors (Lipinski definition) is 7. The number of nitriles is 1. The molecule has 6 rings (SSSR count). The summed E-state index contributed by atoms with van der Waals surface area (Å²) in [5, 5.41) is 27.7. The van der Waals surface area contributed by atoms with Crippen LogP contribution in [0, 0.1) is 17.1 Å². The Morgan fingerprint density at radius 2 is 1.88 bits per heavy atom. The summed E-state index contributed by atoms with van der Waals surface area (Å²) in [5.74, 6) is 0.121. The number of fused-ring (bicyclic) bond motifs is 2. The summed E-state index contributed by atoms with van der Waals surface area (Å²) in [4.78, 5) is 29.4. The van der Waals surface area contributed by atoms with E-state index in [9.17, 15) is 19.2 Å². The zero-order chi connectivity index (χ0) is 27.7. The van der Waals surface area contributed by atoms with Crippen molar-refractivity contribution < 1.29 is 14.0 Å². The van der Waals surface area contributed by atoms with Gasteiger partial charge in [-0.2, -0.15) is 5.26 Å². The molecule has 3 heterocycles. The van der Waals surface area contributed by atoms with Gasteiger partial charge in [0.2, 0.25) is 5.91 Å². The van der Waals surface area contributed by atoms with Crippen LogP contribution >= 0.6 is 0 Å². The van der Waals surface area contributed by atoms with Crippen LogP contribution in [0.5, 0.6) is 0 Å². The number of carbonyl (C=O) groups excluding carboxylic acids is 2. The molecular weight excluding hydrogens is 511 g/mol. The van der Waals surface area contributed by atoms with E-state index >= 15 is 0 Å². The molecule has 0 spiro atoms. The Bertz CT molecular complexity index is 1470. The van der Waals surface area contributed by atoms with Crippen molar-refractivity contribution in [1.82, 2.24) is 35.7 Å². The zero-order valence-electron chi connectivity index (χ0n) is 22.2. The average molecular weight is 543 g/mol. The van der Waals surface area contributed by atoms with E-state index in [1.807, 2.05) is 23.1 Å². The van der Waals surface area contributed by atoms with Crippen molar-refractivity contribution in [2.75, 3.05) is 32.7 Å². The van der Waals surface area contributed by atoms with Crippen LogP contribution in [0.15, 0.2) is 36.4 Å². The molecule has 3 aliphatic rings. The van der Waals surface area contributed by atoms with Crippen molar-refractivity contribution in [3.63, 3.8) is 0 Å². The lowest BCUT2D eigenvalue weighted by molar-refractivity contribution is -0.130. The highest BCUT2D eigenvalue weighted by molar-refractivity contribution is 5.95. The Morgan fingerprint density at radius 3 is 2.58 bits per heavy atom. The van der Waals surface area contributed by atoms with Crippen LogP contribution in [-0.4, -0.2) is 81.0 Å². The molecule has 206 valence electrons. The molecule has 2 amide bonds. The number of nitrogens with zero attached hydrogens (tertiary/aromatic N) is 6. The molecule has 3 aromatic rings. The van der Waals surface area contributed by atoms with Crippen molar-refractivity contribution in [2.45, 2.75) is 50.0 Å². The lowest BCUT2D eigenvalue weighted by atomic mass is 9.69. The van der Waals surface area contributed by atoms with E-state index in [1.54, 1.807) is 17.0 Å². The molecule has 1 unspecified atom stereocenters. The van der Waals surface area contributed by atoms with Crippen molar-refractivity contribution in [2.24, 2.45) is 0 Å². The van der Waals surface area contributed by atoms with Gasteiger partial charge in [0, 0.05) is 25.2 Å². The van der Waals surface area contributed by atoms with Gasteiger partial charge in [0.1, 0.15) is 11.9 Å². The smallest absolute Gasteiger partial charge is 0.253 e. The lowest BCUT2D eigenvalue weighted by Crippen LogP contribution is -2.42. The molecule has 0 bridgehead atoms. The van der Waals surface area contributed by atoms with Crippen molar-refractivity contribution in [1.29, 1.82) is 5.26 Å². The third kappa shape index (κ3) is 4.52. The Kier molecular flexibility index (Phi) is 7.02. The summed E-state index contributed by atoms with van der Waals surface area (Å²) in [6.45, 7) is 2.67. The third-order valence-corrected chi connectivity index (χ3v) is 8.57. The summed E-state index contributed by atoms with van der Waals surface area (Å²) in [6, 6.07) is 12.5. The second-order valence-corrected chi connectivity index (χ2v) is 10.8. The average Bonchev–Trinajstić information content (AvgIpc) is 3.62. The highest BCUT2D eigenvalue weighted by atomic mass is 19.1. The summed E-state index contributed by atoms with van der Waals surface area (Å²) in [7, 11) is 0. The first kappa shape index (κ1) is 26.1. The molecule has 2 N–H and O–H groups in total. The SMILES string of the molecule is N#C[C@@H]1CCCN1C(=O)CNCCC1(c2nnn[nH]2)c2ccc(F)cc2CCc2cc(C(=O)N3CCC3)ccc21. The number of likely N-dealkylation sites (tertiary alicyclic amines) is 2. The minimum atomic E-state index is -0.865. The standard InChI is InChI=1S/C29H31FN8O2/c30-22-7-9-25-20(16-22)5-4-19-15-21(27(40)37-12-2-13-37)6-8-24(19)29(25,28-33-35-36-34-28)10-11-32-18-26(39)38-14-1-3-23(38)17-31/h6-9,15-16,23,32H,1-5,10-14,18H2,(H,33,34,35,36)/t23-,29?/m0/s1. The van der Waals surface area contributed by atoms with Gasteiger partial charge in [0.15, 0.2) is 5.82 Å². The molecule has 2 fully saturated rings. The highest BCUT2D eigenvalue weighted by Gasteiger charge is 2.44. The number of halogens is 1. The Balaban J connectivity index is 1.36. The number of tetrazole rings is 1. The predicted octanol–water partition coefficient (Wildman–Crippen LogP) is 2.11. The van der Waals surface area contributed by atoms with Crippen LogP contribution in [0.4, 0.5) is 4.39 Å². The van der Waals surface area contributed by atoms with Crippen molar-refractivity contribution in [3.05, 3.63) is 75.9 Å². The maximum atomic E-state index is 14.5. The molecule has 2 saturated heterocycles. The van der Waals surface area contributed by atoms with Crippen molar-refractivity contribution in [3.8, 4) is 6.07 Å². The summed E-state index contributed by atoms with van der Waals surface area (Å²) >= 11 is 0. The number of aromatic nitrogens is 4. The quantitative estimate of drug-likeness (QED) is 0.437. The fraction of sp³-hybridized carbons (Fsp3) is 0.448. The van der Waals surface area contributed by atoms with E-state index in [4.69, 9.17) is 0 Å². The van der Waals surface area contributed by atoms with Crippen LogP contribution in [0.1, 0.15) is 64.1 Å². The molecule has 10 nitrogen and oxygen atoms in total. The van der Waals surface area contributed by atoms with E-state index in [0.29, 0.717) is 50.2 Å². The van der Waals surface area contributed by atoms with Gasteiger partial charge in [-0.3, -0.25) is 9.59 Å². The second-order valence-electron chi connectivity index (χ2n) is 10.8.